The Hall–Kier alpha value is -2.09. The highest BCUT2D eigenvalue weighted by Crippen LogP contribution is 2.31. The maximum Gasteiger partial charge on any atom is 0.285 e. The van der Waals surface area contributed by atoms with Gasteiger partial charge in [0.15, 0.2) is 4.32 Å². The number of aromatic amines is 1. The Labute approximate surface area is 146 Å². The molecule has 8 heteroatoms. The number of hydrogen-bond donors (Lipinski definition) is 2. The number of hydrogen-bond acceptors (Lipinski definition) is 4. The van der Waals surface area contributed by atoms with Gasteiger partial charge in [-0.15, -0.1) is 0 Å². The predicted molar refractivity (Wildman–Crippen MR) is 94.7 cm³/mol. The van der Waals surface area contributed by atoms with Crippen molar-refractivity contribution in [1.29, 1.82) is 0 Å². The molecule has 5 nitrogen and oxygen atoms in total. The topological polar surface area (TPSA) is 65.2 Å². The fourth-order valence-electron chi connectivity index (χ4n) is 1.91. The molecule has 0 unspecified atom stereocenters. The van der Waals surface area contributed by atoms with Gasteiger partial charge in [-0.3, -0.25) is 15.0 Å². The number of H-pyrrole nitrogens is 1. The van der Waals surface area contributed by atoms with Crippen LogP contribution < -0.4 is 5.43 Å². The van der Waals surface area contributed by atoms with Crippen molar-refractivity contribution in [3.8, 4) is 0 Å². The fraction of sp³-hybridized carbons (Fsp3) is 0. The summed E-state index contributed by atoms with van der Waals surface area (Å²) in [6, 6.07) is 10.0. The lowest BCUT2D eigenvalue weighted by atomic mass is 10.2. The van der Waals surface area contributed by atoms with Crippen LogP contribution in [0.1, 0.15) is 16.1 Å². The van der Waals surface area contributed by atoms with E-state index in [1.165, 1.54) is 0 Å². The van der Waals surface area contributed by atoms with E-state index < -0.39 is 5.91 Å². The van der Waals surface area contributed by atoms with Gasteiger partial charge in [0, 0.05) is 22.5 Å². The highest BCUT2D eigenvalue weighted by atomic mass is 35.5. The maximum absolute atomic E-state index is 12.4. The Morgan fingerprint density at radius 3 is 2.70 bits per heavy atom. The minimum Gasteiger partial charge on any atom is -0.362 e. The zero-order valence-corrected chi connectivity index (χ0v) is 14.0. The molecule has 0 bridgehead atoms. The number of thioether (sulfide) groups is 1. The van der Waals surface area contributed by atoms with E-state index in [0.29, 0.717) is 15.5 Å². The number of benzene rings is 1. The van der Waals surface area contributed by atoms with Gasteiger partial charge in [0.25, 0.3) is 11.8 Å². The van der Waals surface area contributed by atoms with E-state index in [4.69, 9.17) is 23.8 Å². The molecule has 0 saturated carbocycles. The van der Waals surface area contributed by atoms with Crippen LogP contribution in [0.5, 0.6) is 0 Å². The molecule has 0 atom stereocenters. The van der Waals surface area contributed by atoms with E-state index in [0.717, 1.165) is 22.5 Å². The molecule has 1 aliphatic rings. The zero-order chi connectivity index (χ0) is 16.4. The summed E-state index contributed by atoms with van der Waals surface area (Å²) >= 11 is 12.1. The van der Waals surface area contributed by atoms with Crippen molar-refractivity contribution in [3.63, 3.8) is 0 Å². The Morgan fingerprint density at radius 1 is 1.30 bits per heavy atom. The van der Waals surface area contributed by atoms with Gasteiger partial charge in [-0.25, -0.2) is 0 Å². The molecule has 1 fully saturated rings. The summed E-state index contributed by atoms with van der Waals surface area (Å²) in [6.07, 6.45) is 3.45. The van der Waals surface area contributed by atoms with E-state index in [1.807, 2.05) is 12.1 Å². The minimum absolute atomic E-state index is 0.273. The van der Waals surface area contributed by atoms with Crippen LogP contribution in [0, 0.1) is 0 Å². The Morgan fingerprint density at radius 2 is 2.04 bits per heavy atom. The van der Waals surface area contributed by atoms with Gasteiger partial charge in [-0.1, -0.05) is 23.4 Å². The normalized spacial score (nSPS) is 16.2. The number of carbonyl (C=O) groups excluding carboxylic acids is 2. The van der Waals surface area contributed by atoms with Gasteiger partial charge in [-0.2, -0.15) is 5.01 Å². The first kappa shape index (κ1) is 15.8. The molecular weight excluding hydrogens is 354 g/mol. The van der Waals surface area contributed by atoms with E-state index in [2.05, 4.69) is 10.4 Å². The summed E-state index contributed by atoms with van der Waals surface area (Å²) in [5.74, 6) is -0.795. The lowest BCUT2D eigenvalue weighted by Crippen LogP contribution is -2.44. The van der Waals surface area contributed by atoms with Crippen LogP contribution in [0.2, 0.25) is 5.02 Å². The maximum atomic E-state index is 12.4. The van der Waals surface area contributed by atoms with Crippen LogP contribution in [0.25, 0.3) is 6.08 Å². The molecule has 1 aromatic heterocycles. The SMILES string of the molecule is O=C(NN1C(=O)/C(=C\c2ccc[nH]2)SC1=S)c1ccc(Cl)cc1. The molecule has 0 aliphatic carbocycles. The number of thiocarbonyl (C=S) groups is 1. The summed E-state index contributed by atoms with van der Waals surface area (Å²) in [7, 11) is 0. The third-order valence-electron chi connectivity index (χ3n) is 3.02. The van der Waals surface area contributed by atoms with Gasteiger partial charge < -0.3 is 4.98 Å². The van der Waals surface area contributed by atoms with E-state index in [-0.39, 0.29) is 10.2 Å². The third-order valence-corrected chi connectivity index (χ3v) is 4.58. The van der Waals surface area contributed by atoms with Crippen LogP contribution in [0.3, 0.4) is 0 Å². The average Bonchev–Trinajstić information content (AvgIpc) is 3.12. The number of nitrogens with one attached hydrogen (secondary N) is 2. The lowest BCUT2D eigenvalue weighted by Gasteiger charge is -2.15. The molecule has 23 heavy (non-hydrogen) atoms. The number of aromatic nitrogens is 1. The van der Waals surface area contributed by atoms with Gasteiger partial charge in [-0.05, 0) is 54.7 Å². The summed E-state index contributed by atoms with van der Waals surface area (Å²) in [6.45, 7) is 0. The summed E-state index contributed by atoms with van der Waals surface area (Å²) in [4.78, 5) is 28.0. The van der Waals surface area contributed by atoms with Crippen LogP contribution in [-0.2, 0) is 4.79 Å². The molecular formula is C15H10ClN3O2S2. The highest BCUT2D eigenvalue weighted by Gasteiger charge is 2.33. The average molecular weight is 364 g/mol. The van der Waals surface area contributed by atoms with Crippen molar-refractivity contribution in [2.45, 2.75) is 0 Å². The first-order chi connectivity index (χ1) is 11.0. The number of nitrogens with zero attached hydrogens (tertiary/aromatic N) is 1. The van der Waals surface area contributed by atoms with Crippen molar-refractivity contribution in [1.82, 2.24) is 15.4 Å². The van der Waals surface area contributed by atoms with Crippen molar-refractivity contribution in [2.24, 2.45) is 0 Å². The monoisotopic (exact) mass is 363 g/mol. The summed E-state index contributed by atoms with van der Waals surface area (Å²) in [5, 5.41) is 1.60. The Bertz CT molecular complexity index is 801. The van der Waals surface area contributed by atoms with Gasteiger partial charge in [0.1, 0.15) is 0 Å². The van der Waals surface area contributed by atoms with Crippen LogP contribution in [0.15, 0.2) is 47.5 Å². The molecule has 3 rings (SSSR count). The van der Waals surface area contributed by atoms with Gasteiger partial charge >= 0.3 is 0 Å². The first-order valence-electron chi connectivity index (χ1n) is 6.52. The molecule has 1 saturated heterocycles. The molecule has 0 radical (unpaired) electrons. The number of carbonyl (C=O) groups is 2. The fourth-order valence-corrected chi connectivity index (χ4v) is 3.20. The zero-order valence-electron chi connectivity index (χ0n) is 11.6. The third kappa shape index (κ3) is 3.47. The Kier molecular flexibility index (Phi) is 4.51. The van der Waals surface area contributed by atoms with Crippen molar-refractivity contribution in [2.75, 3.05) is 0 Å². The molecule has 2 amide bonds. The number of rotatable bonds is 3. The molecule has 1 aliphatic heterocycles. The molecule has 116 valence electrons. The number of hydrazine groups is 1. The highest BCUT2D eigenvalue weighted by molar-refractivity contribution is 8.26. The van der Waals surface area contributed by atoms with Gasteiger partial charge in [0.05, 0.1) is 4.91 Å². The summed E-state index contributed by atoms with van der Waals surface area (Å²) in [5.41, 5.74) is 3.68. The lowest BCUT2D eigenvalue weighted by molar-refractivity contribution is -0.123. The van der Waals surface area contributed by atoms with Crippen molar-refractivity contribution < 1.29 is 9.59 Å². The second-order valence-corrected chi connectivity index (χ2v) is 6.70. The van der Waals surface area contributed by atoms with E-state index in [1.54, 1.807) is 36.5 Å². The van der Waals surface area contributed by atoms with Crippen molar-refractivity contribution in [3.05, 3.63) is 63.8 Å². The molecule has 0 spiro atoms. The van der Waals surface area contributed by atoms with Crippen molar-refractivity contribution >= 4 is 57.8 Å². The van der Waals surface area contributed by atoms with E-state index >= 15 is 0 Å². The molecule has 1 aromatic carbocycles. The minimum atomic E-state index is -0.431. The number of amides is 2. The van der Waals surface area contributed by atoms with Gasteiger partial charge in [0.2, 0.25) is 0 Å². The Balaban J connectivity index is 1.75. The van der Waals surface area contributed by atoms with Crippen LogP contribution in [-0.4, -0.2) is 26.1 Å². The smallest absolute Gasteiger partial charge is 0.285 e. The quantitative estimate of drug-likeness (QED) is 0.649. The standard InChI is InChI=1S/C15H10ClN3O2S2/c16-10-5-3-9(4-6-10)13(20)18-19-14(21)12(23-15(19)22)8-11-2-1-7-17-11/h1-8,17H,(H,18,20)/b12-8+. The summed E-state index contributed by atoms with van der Waals surface area (Å²) < 4.78 is 0.273. The molecule has 2 aromatic rings. The first-order valence-corrected chi connectivity index (χ1v) is 8.13. The number of halogens is 1. The second-order valence-electron chi connectivity index (χ2n) is 4.59. The predicted octanol–water partition coefficient (Wildman–Crippen LogP) is 3.21. The second kappa shape index (κ2) is 6.57. The van der Waals surface area contributed by atoms with Crippen LogP contribution >= 0.6 is 35.6 Å². The molecule has 2 N–H and O–H groups in total. The van der Waals surface area contributed by atoms with Crippen LogP contribution in [0.4, 0.5) is 0 Å². The van der Waals surface area contributed by atoms with E-state index in [9.17, 15) is 9.59 Å². The molecule has 2 heterocycles. The largest absolute Gasteiger partial charge is 0.362 e.